The summed E-state index contributed by atoms with van der Waals surface area (Å²) in [6, 6.07) is 10.7. The van der Waals surface area contributed by atoms with Crippen molar-refractivity contribution in [2.75, 3.05) is 6.54 Å². The molecule has 138 valence electrons. The number of furan rings is 1. The molecular weight excluding hydrogens is 387 g/mol. The highest BCUT2D eigenvalue weighted by atomic mass is 32.2. The molecule has 1 aromatic carbocycles. The van der Waals surface area contributed by atoms with Gasteiger partial charge in [-0.25, -0.2) is 13.1 Å². The molecular formula is C17H14F3NO3S2. The first-order valence-corrected chi connectivity index (χ1v) is 9.87. The third kappa shape index (κ3) is 4.17. The summed E-state index contributed by atoms with van der Waals surface area (Å²) in [6.45, 7) is -0.0351. The van der Waals surface area contributed by atoms with E-state index in [2.05, 4.69) is 4.72 Å². The van der Waals surface area contributed by atoms with Gasteiger partial charge in [-0.1, -0.05) is 12.1 Å². The van der Waals surface area contributed by atoms with Crippen molar-refractivity contribution in [2.45, 2.75) is 17.0 Å². The largest absolute Gasteiger partial charge is 0.469 e. The number of hydrogen-bond donors (Lipinski definition) is 1. The van der Waals surface area contributed by atoms with E-state index in [1.54, 1.807) is 12.1 Å². The minimum atomic E-state index is -4.61. The molecule has 0 spiro atoms. The number of sulfonamides is 1. The molecule has 26 heavy (non-hydrogen) atoms. The van der Waals surface area contributed by atoms with Gasteiger partial charge >= 0.3 is 6.18 Å². The predicted octanol–water partition coefficient (Wildman–Crippen LogP) is 4.47. The monoisotopic (exact) mass is 401 g/mol. The summed E-state index contributed by atoms with van der Waals surface area (Å²) in [5, 5.41) is 1.85. The van der Waals surface area contributed by atoms with Gasteiger partial charge in [-0.2, -0.15) is 13.2 Å². The van der Waals surface area contributed by atoms with Gasteiger partial charge in [-0.05, 0) is 41.8 Å². The average Bonchev–Trinajstić information content (AvgIpc) is 3.28. The van der Waals surface area contributed by atoms with Gasteiger partial charge < -0.3 is 4.42 Å². The highest BCUT2D eigenvalue weighted by Gasteiger charge is 2.32. The number of hydrogen-bond acceptors (Lipinski definition) is 4. The van der Waals surface area contributed by atoms with Crippen LogP contribution in [0.5, 0.6) is 0 Å². The third-order valence-corrected chi connectivity index (χ3v) is 6.13. The van der Waals surface area contributed by atoms with Crippen LogP contribution < -0.4 is 4.72 Å². The highest BCUT2D eigenvalue weighted by Crippen LogP contribution is 2.31. The lowest BCUT2D eigenvalue weighted by atomic mass is 10.1. The van der Waals surface area contributed by atoms with Crippen LogP contribution in [0.1, 0.15) is 22.1 Å². The second-order valence-corrected chi connectivity index (χ2v) is 8.21. The molecule has 0 saturated carbocycles. The molecule has 1 N–H and O–H groups in total. The number of nitrogens with one attached hydrogen (secondary N) is 1. The van der Waals surface area contributed by atoms with Crippen molar-refractivity contribution < 1.29 is 26.0 Å². The van der Waals surface area contributed by atoms with Crippen LogP contribution in [0.15, 0.2) is 69.5 Å². The highest BCUT2D eigenvalue weighted by molar-refractivity contribution is 7.89. The van der Waals surface area contributed by atoms with Crippen molar-refractivity contribution in [3.8, 4) is 0 Å². The Morgan fingerprint density at radius 1 is 1.12 bits per heavy atom. The molecule has 0 aliphatic rings. The second kappa shape index (κ2) is 7.26. The van der Waals surface area contributed by atoms with Crippen LogP contribution in [-0.2, 0) is 16.2 Å². The van der Waals surface area contributed by atoms with E-state index in [-0.39, 0.29) is 12.5 Å². The molecule has 0 radical (unpaired) electrons. The first kappa shape index (κ1) is 18.7. The van der Waals surface area contributed by atoms with Crippen molar-refractivity contribution in [1.82, 2.24) is 4.72 Å². The van der Waals surface area contributed by atoms with Gasteiger partial charge in [0.25, 0.3) is 0 Å². The standard InChI is InChI=1S/C17H14F3NO3S2/c18-17(19,20)12-4-1-5-13(10-12)26(22,23)21-11-14(15-6-2-8-24-15)16-7-3-9-25-16/h1-10,14,21H,11H2/t14-/m0/s1. The molecule has 2 aromatic heterocycles. The normalized spacial score (nSPS) is 13.7. The van der Waals surface area contributed by atoms with Crippen LogP contribution in [-0.4, -0.2) is 15.0 Å². The SMILES string of the molecule is O=S(=O)(NC[C@@H](c1ccco1)c1cccs1)c1cccc(C(F)(F)F)c1. The minimum Gasteiger partial charge on any atom is -0.469 e. The van der Waals surface area contributed by atoms with E-state index in [0.29, 0.717) is 11.8 Å². The van der Waals surface area contributed by atoms with Gasteiger partial charge in [0, 0.05) is 11.4 Å². The number of halogens is 3. The number of thiophene rings is 1. The summed E-state index contributed by atoms with van der Waals surface area (Å²) in [4.78, 5) is 0.448. The molecule has 2 heterocycles. The Balaban J connectivity index is 1.83. The van der Waals surface area contributed by atoms with Gasteiger partial charge in [0.1, 0.15) is 5.76 Å². The van der Waals surface area contributed by atoms with Gasteiger partial charge in [0.05, 0.1) is 22.6 Å². The first-order valence-electron chi connectivity index (χ1n) is 7.51. The van der Waals surface area contributed by atoms with Crippen LogP contribution in [0.3, 0.4) is 0 Å². The van der Waals surface area contributed by atoms with E-state index in [4.69, 9.17) is 4.42 Å². The molecule has 4 nitrogen and oxygen atoms in total. The lowest BCUT2D eigenvalue weighted by molar-refractivity contribution is -0.137. The summed E-state index contributed by atoms with van der Waals surface area (Å²) in [7, 11) is -4.11. The van der Waals surface area contributed by atoms with Crippen LogP contribution in [0, 0.1) is 0 Å². The molecule has 0 bridgehead atoms. The topological polar surface area (TPSA) is 59.3 Å². The summed E-state index contributed by atoms with van der Waals surface area (Å²) < 4.78 is 71.1. The van der Waals surface area contributed by atoms with E-state index in [9.17, 15) is 21.6 Å². The van der Waals surface area contributed by atoms with Gasteiger partial charge in [0.15, 0.2) is 0 Å². The zero-order valence-electron chi connectivity index (χ0n) is 13.2. The number of benzene rings is 1. The zero-order valence-corrected chi connectivity index (χ0v) is 14.9. The molecule has 3 rings (SSSR count). The first-order chi connectivity index (χ1) is 12.3. The molecule has 0 saturated heterocycles. The zero-order chi connectivity index (χ0) is 18.8. The molecule has 0 aliphatic carbocycles. The fourth-order valence-corrected chi connectivity index (χ4v) is 4.36. The lowest BCUT2D eigenvalue weighted by Crippen LogP contribution is -2.29. The Morgan fingerprint density at radius 3 is 2.54 bits per heavy atom. The molecule has 9 heteroatoms. The Morgan fingerprint density at radius 2 is 1.92 bits per heavy atom. The number of rotatable bonds is 6. The van der Waals surface area contributed by atoms with Gasteiger partial charge in [-0.15, -0.1) is 11.3 Å². The molecule has 0 amide bonds. The van der Waals surface area contributed by atoms with E-state index in [0.717, 1.165) is 23.1 Å². The minimum absolute atomic E-state index is 0.0351. The smallest absolute Gasteiger partial charge is 0.416 e. The van der Waals surface area contributed by atoms with Crippen LogP contribution >= 0.6 is 11.3 Å². The fourth-order valence-electron chi connectivity index (χ4n) is 2.44. The van der Waals surface area contributed by atoms with Crippen LogP contribution in [0.25, 0.3) is 0 Å². The number of alkyl halides is 3. The van der Waals surface area contributed by atoms with E-state index < -0.39 is 26.7 Å². The maximum Gasteiger partial charge on any atom is 0.416 e. The molecule has 3 aromatic rings. The summed E-state index contributed by atoms with van der Waals surface area (Å²) >= 11 is 1.44. The van der Waals surface area contributed by atoms with Crippen molar-refractivity contribution in [3.05, 3.63) is 76.4 Å². The Labute approximate surface area is 152 Å². The predicted molar refractivity (Wildman–Crippen MR) is 91.5 cm³/mol. The quantitative estimate of drug-likeness (QED) is 0.663. The lowest BCUT2D eigenvalue weighted by Gasteiger charge is -2.15. The average molecular weight is 401 g/mol. The summed E-state index contributed by atoms with van der Waals surface area (Å²) in [5.74, 6) is 0.199. The third-order valence-electron chi connectivity index (χ3n) is 3.72. The van der Waals surface area contributed by atoms with E-state index >= 15 is 0 Å². The van der Waals surface area contributed by atoms with Crippen LogP contribution in [0.4, 0.5) is 13.2 Å². The van der Waals surface area contributed by atoms with Gasteiger partial charge in [-0.3, -0.25) is 0 Å². The van der Waals surface area contributed by atoms with Crippen molar-refractivity contribution in [1.29, 1.82) is 0 Å². The summed E-state index contributed by atoms with van der Waals surface area (Å²) in [6.07, 6.45) is -3.13. The summed E-state index contributed by atoms with van der Waals surface area (Å²) in [5.41, 5.74) is -1.01. The molecule has 0 unspecified atom stereocenters. The van der Waals surface area contributed by atoms with Crippen molar-refractivity contribution in [3.63, 3.8) is 0 Å². The Kier molecular flexibility index (Phi) is 5.22. The Bertz CT molecular complexity index is 915. The van der Waals surface area contributed by atoms with Gasteiger partial charge in [0.2, 0.25) is 10.0 Å². The molecule has 1 atom stereocenters. The maximum absolute atomic E-state index is 12.8. The van der Waals surface area contributed by atoms with E-state index in [1.165, 1.54) is 17.6 Å². The maximum atomic E-state index is 12.8. The van der Waals surface area contributed by atoms with Crippen molar-refractivity contribution >= 4 is 21.4 Å². The Hall–Kier alpha value is -2.10. The molecule has 0 fully saturated rings. The van der Waals surface area contributed by atoms with Crippen LogP contribution in [0.2, 0.25) is 0 Å². The fraction of sp³-hybridized carbons (Fsp3) is 0.176. The van der Waals surface area contributed by atoms with Crippen molar-refractivity contribution in [2.24, 2.45) is 0 Å². The second-order valence-electron chi connectivity index (χ2n) is 5.46. The van der Waals surface area contributed by atoms with E-state index in [1.807, 2.05) is 17.5 Å². The molecule has 0 aliphatic heterocycles.